The Morgan fingerprint density at radius 1 is 1.00 bits per heavy atom. The fourth-order valence-electron chi connectivity index (χ4n) is 3.64. The fraction of sp³-hybridized carbons (Fsp3) is 0.100. The van der Waals surface area contributed by atoms with Gasteiger partial charge in [0.2, 0.25) is 5.95 Å². The summed E-state index contributed by atoms with van der Waals surface area (Å²) in [4.78, 5) is 8.09. The van der Waals surface area contributed by atoms with Gasteiger partial charge in [0.05, 0.1) is 5.56 Å². The van der Waals surface area contributed by atoms with Gasteiger partial charge in [0.25, 0.3) is 6.02 Å². The van der Waals surface area contributed by atoms with Gasteiger partial charge in [0.1, 0.15) is 23.9 Å². The molecule has 0 saturated heterocycles. The number of para-hydroxylation sites is 1. The molecular weight excluding hydrogens is 352 g/mol. The van der Waals surface area contributed by atoms with Crippen LogP contribution >= 0.6 is 0 Å². The van der Waals surface area contributed by atoms with Crippen molar-refractivity contribution in [3.8, 4) is 22.6 Å². The highest BCUT2D eigenvalue weighted by Crippen LogP contribution is 2.51. The number of ether oxygens (including phenoxy) is 2. The van der Waals surface area contributed by atoms with Gasteiger partial charge in [-0.25, -0.2) is 14.4 Å². The molecule has 0 unspecified atom stereocenters. The van der Waals surface area contributed by atoms with Gasteiger partial charge in [0.15, 0.2) is 5.54 Å². The predicted molar refractivity (Wildman–Crippen MR) is 94.5 cm³/mol. The van der Waals surface area contributed by atoms with Crippen molar-refractivity contribution in [3.63, 3.8) is 0 Å². The quantitative estimate of drug-likeness (QED) is 0.668. The van der Waals surface area contributed by atoms with E-state index in [0.717, 1.165) is 17.8 Å². The maximum atomic E-state index is 14.3. The molecule has 0 amide bonds. The third-order valence-corrected chi connectivity index (χ3v) is 4.85. The third-order valence-electron chi connectivity index (χ3n) is 4.85. The molecule has 2 aliphatic heterocycles. The first-order valence-corrected chi connectivity index (χ1v) is 8.29. The second-order valence-electron chi connectivity index (χ2n) is 6.37. The number of hydrogen-bond donors (Lipinski definition) is 1. The summed E-state index contributed by atoms with van der Waals surface area (Å²) in [5, 5.41) is 0. The normalized spacial score (nSPS) is 19.7. The molecule has 0 saturated carbocycles. The molecular formula is C20H13F2N3O2. The SMILES string of the molecule is NC1=N[C@]2(CO1)c1ccccc1Oc1ccc(-c3c(F)ccnc3F)cc12. The summed E-state index contributed by atoms with van der Waals surface area (Å²) in [5.74, 6) is -0.408. The van der Waals surface area contributed by atoms with Crippen LogP contribution in [0.4, 0.5) is 8.78 Å². The van der Waals surface area contributed by atoms with Crippen molar-refractivity contribution in [2.75, 3.05) is 6.61 Å². The lowest BCUT2D eigenvalue weighted by molar-refractivity contribution is 0.264. The molecule has 3 aromatic rings. The first-order valence-electron chi connectivity index (χ1n) is 8.29. The second kappa shape index (κ2) is 5.51. The first kappa shape index (κ1) is 15.7. The summed E-state index contributed by atoms with van der Waals surface area (Å²) in [6.07, 6.45) is 1.09. The van der Waals surface area contributed by atoms with E-state index >= 15 is 0 Å². The average molecular weight is 365 g/mol. The Bertz CT molecular complexity index is 1100. The van der Waals surface area contributed by atoms with Crippen LogP contribution in [-0.4, -0.2) is 17.6 Å². The molecule has 1 aromatic heterocycles. The lowest BCUT2D eigenvalue weighted by atomic mass is 9.80. The number of aliphatic imine (C=N–C) groups is 1. The van der Waals surface area contributed by atoms with Crippen LogP contribution in [0.3, 0.4) is 0 Å². The van der Waals surface area contributed by atoms with E-state index in [1.807, 2.05) is 24.3 Å². The van der Waals surface area contributed by atoms with Crippen molar-refractivity contribution in [2.24, 2.45) is 10.7 Å². The molecule has 0 fully saturated rings. The van der Waals surface area contributed by atoms with Crippen molar-refractivity contribution in [1.29, 1.82) is 0 Å². The third kappa shape index (κ3) is 2.21. The largest absolute Gasteiger partial charge is 0.462 e. The van der Waals surface area contributed by atoms with Crippen molar-refractivity contribution in [1.82, 2.24) is 4.98 Å². The highest BCUT2D eigenvalue weighted by Gasteiger charge is 2.46. The van der Waals surface area contributed by atoms with E-state index in [2.05, 4.69) is 9.98 Å². The van der Waals surface area contributed by atoms with Crippen molar-refractivity contribution in [2.45, 2.75) is 5.54 Å². The molecule has 2 aliphatic rings. The molecule has 1 spiro atoms. The molecule has 134 valence electrons. The molecule has 0 bridgehead atoms. The Hall–Kier alpha value is -3.48. The standard InChI is InChI=1S/C20H13F2N3O2/c21-14-7-8-24-18(22)17(14)11-5-6-16-13(9-11)20(10-26-19(23)25-20)12-3-1-2-4-15(12)27-16/h1-9H,10H2,(H2,23,25)/t20-/m1/s1. The van der Waals surface area contributed by atoms with Crippen LogP contribution in [-0.2, 0) is 10.3 Å². The fourth-order valence-corrected chi connectivity index (χ4v) is 3.64. The minimum Gasteiger partial charge on any atom is -0.462 e. The lowest BCUT2D eigenvalue weighted by Gasteiger charge is -2.33. The number of rotatable bonds is 1. The summed E-state index contributed by atoms with van der Waals surface area (Å²) in [6, 6.07) is 13.5. The van der Waals surface area contributed by atoms with Crippen LogP contribution in [0.1, 0.15) is 11.1 Å². The molecule has 7 heteroatoms. The average Bonchev–Trinajstić information content (AvgIpc) is 3.05. The molecule has 0 aliphatic carbocycles. The minimum absolute atomic E-state index is 0.0572. The van der Waals surface area contributed by atoms with E-state index in [9.17, 15) is 8.78 Å². The van der Waals surface area contributed by atoms with E-state index < -0.39 is 17.3 Å². The van der Waals surface area contributed by atoms with Gasteiger partial charge in [-0.05, 0) is 29.8 Å². The Morgan fingerprint density at radius 2 is 1.81 bits per heavy atom. The van der Waals surface area contributed by atoms with Crippen molar-refractivity contribution < 1.29 is 18.3 Å². The Labute approximate surface area is 153 Å². The van der Waals surface area contributed by atoms with Crippen LogP contribution in [0.15, 0.2) is 59.7 Å². The van der Waals surface area contributed by atoms with Gasteiger partial charge in [-0.15, -0.1) is 0 Å². The maximum Gasteiger partial charge on any atom is 0.283 e. The number of fused-ring (bicyclic) bond motifs is 4. The minimum atomic E-state index is -0.931. The van der Waals surface area contributed by atoms with Crippen LogP contribution in [0, 0.1) is 11.8 Å². The number of amidine groups is 1. The zero-order valence-corrected chi connectivity index (χ0v) is 13.9. The van der Waals surface area contributed by atoms with Crippen LogP contribution in [0.2, 0.25) is 0 Å². The lowest BCUT2D eigenvalue weighted by Crippen LogP contribution is -2.31. The van der Waals surface area contributed by atoms with E-state index in [0.29, 0.717) is 22.6 Å². The predicted octanol–water partition coefficient (Wildman–Crippen LogP) is 3.72. The number of nitrogens with two attached hydrogens (primary N) is 1. The van der Waals surface area contributed by atoms with Crippen LogP contribution < -0.4 is 10.5 Å². The van der Waals surface area contributed by atoms with Gasteiger partial charge >= 0.3 is 0 Å². The van der Waals surface area contributed by atoms with E-state index in [4.69, 9.17) is 15.2 Å². The molecule has 3 heterocycles. The number of pyridine rings is 1. The van der Waals surface area contributed by atoms with Crippen molar-refractivity contribution >= 4 is 6.02 Å². The molecule has 5 nitrogen and oxygen atoms in total. The number of nitrogens with zero attached hydrogens (tertiary/aromatic N) is 2. The summed E-state index contributed by atoms with van der Waals surface area (Å²) >= 11 is 0. The Morgan fingerprint density at radius 3 is 2.59 bits per heavy atom. The first-order chi connectivity index (χ1) is 13.1. The summed E-state index contributed by atoms with van der Waals surface area (Å²) in [6.45, 7) is 0.174. The summed E-state index contributed by atoms with van der Waals surface area (Å²) in [5.41, 5.74) is 6.41. The van der Waals surface area contributed by atoms with E-state index in [-0.39, 0.29) is 18.2 Å². The van der Waals surface area contributed by atoms with Gasteiger partial charge in [0, 0.05) is 17.3 Å². The summed E-state index contributed by atoms with van der Waals surface area (Å²) in [7, 11) is 0. The van der Waals surface area contributed by atoms with Gasteiger partial charge in [-0.3, -0.25) is 0 Å². The van der Waals surface area contributed by atoms with Gasteiger partial charge < -0.3 is 15.2 Å². The summed E-state index contributed by atoms with van der Waals surface area (Å²) < 4.78 is 39.9. The number of aromatic nitrogens is 1. The number of halogens is 2. The van der Waals surface area contributed by atoms with Crippen LogP contribution in [0.25, 0.3) is 11.1 Å². The number of hydrogen-bond acceptors (Lipinski definition) is 5. The molecule has 0 radical (unpaired) electrons. The highest BCUT2D eigenvalue weighted by molar-refractivity contribution is 5.78. The van der Waals surface area contributed by atoms with Crippen LogP contribution in [0.5, 0.6) is 11.5 Å². The zero-order valence-electron chi connectivity index (χ0n) is 13.9. The second-order valence-corrected chi connectivity index (χ2v) is 6.37. The topological polar surface area (TPSA) is 69.7 Å². The van der Waals surface area contributed by atoms with E-state index in [1.165, 1.54) is 0 Å². The van der Waals surface area contributed by atoms with E-state index in [1.54, 1.807) is 18.2 Å². The molecule has 27 heavy (non-hydrogen) atoms. The zero-order chi connectivity index (χ0) is 18.6. The number of benzene rings is 2. The van der Waals surface area contributed by atoms with Gasteiger partial charge in [-0.1, -0.05) is 24.3 Å². The molecule has 2 N–H and O–H groups in total. The molecule has 5 rings (SSSR count). The maximum absolute atomic E-state index is 14.3. The van der Waals surface area contributed by atoms with Crippen molar-refractivity contribution in [3.05, 3.63) is 77.6 Å². The molecule has 1 atom stereocenters. The highest BCUT2D eigenvalue weighted by atomic mass is 19.1. The smallest absolute Gasteiger partial charge is 0.283 e. The Balaban J connectivity index is 1.77. The molecule has 2 aromatic carbocycles. The van der Waals surface area contributed by atoms with Gasteiger partial charge in [-0.2, -0.15) is 4.39 Å². The Kier molecular flexibility index (Phi) is 3.21. The monoisotopic (exact) mass is 365 g/mol.